The van der Waals surface area contributed by atoms with Crippen LogP contribution >= 0.6 is 0 Å². The summed E-state index contributed by atoms with van der Waals surface area (Å²) in [6.07, 6.45) is 1.78. The van der Waals surface area contributed by atoms with Gasteiger partial charge >= 0.3 is 6.09 Å². The molecular weight excluding hydrogens is 524 g/mol. The summed E-state index contributed by atoms with van der Waals surface area (Å²) >= 11 is 0. The maximum Gasteiger partial charge on any atom is 0.407 e. The van der Waals surface area contributed by atoms with E-state index < -0.39 is 34.4 Å². The highest BCUT2D eigenvalue weighted by molar-refractivity contribution is 7.89. The van der Waals surface area contributed by atoms with E-state index in [-0.39, 0.29) is 43.8 Å². The van der Waals surface area contributed by atoms with Gasteiger partial charge in [-0.2, -0.15) is 4.31 Å². The zero-order valence-corrected chi connectivity index (χ0v) is 23.1. The Kier molecular flexibility index (Phi) is 10.6. The number of amides is 1. The van der Waals surface area contributed by atoms with Crippen molar-refractivity contribution in [2.24, 2.45) is 5.92 Å². The van der Waals surface area contributed by atoms with E-state index in [1.807, 2.05) is 30.3 Å². The summed E-state index contributed by atoms with van der Waals surface area (Å²) in [5.74, 6) is 0.762. The van der Waals surface area contributed by atoms with Gasteiger partial charge < -0.3 is 29.4 Å². The molecule has 1 saturated heterocycles. The molecule has 2 aromatic carbocycles. The fraction of sp³-hybridized carbons (Fsp3) is 0.536. The molecule has 39 heavy (non-hydrogen) atoms. The average Bonchev–Trinajstić information content (AvgIpc) is 3.46. The minimum atomic E-state index is -3.93. The third kappa shape index (κ3) is 8.39. The van der Waals surface area contributed by atoms with Gasteiger partial charge in [-0.3, -0.25) is 0 Å². The Labute approximate surface area is 230 Å². The molecule has 11 heteroatoms. The molecule has 1 heterocycles. The monoisotopic (exact) mass is 562 g/mol. The first-order valence-corrected chi connectivity index (χ1v) is 14.8. The maximum atomic E-state index is 13.8. The third-order valence-corrected chi connectivity index (χ3v) is 8.98. The van der Waals surface area contributed by atoms with Gasteiger partial charge in [-0.25, -0.2) is 13.2 Å². The molecule has 4 rings (SSSR count). The number of ether oxygens (including phenoxy) is 4. The lowest BCUT2D eigenvalue weighted by Crippen LogP contribution is -2.52. The smallest absolute Gasteiger partial charge is 0.407 e. The summed E-state index contributed by atoms with van der Waals surface area (Å²) in [5, 5.41) is 14.2. The molecule has 0 spiro atoms. The summed E-state index contributed by atoms with van der Waals surface area (Å²) in [6.45, 7) is 0.697. The Morgan fingerprint density at radius 3 is 2.38 bits per heavy atom. The minimum absolute atomic E-state index is 0.123. The van der Waals surface area contributed by atoms with E-state index in [1.54, 1.807) is 12.1 Å². The first-order valence-electron chi connectivity index (χ1n) is 13.3. The molecule has 2 fully saturated rings. The molecule has 0 radical (unpaired) electrons. The predicted molar refractivity (Wildman–Crippen MR) is 144 cm³/mol. The minimum Gasteiger partial charge on any atom is -0.497 e. The Morgan fingerprint density at radius 1 is 1.08 bits per heavy atom. The van der Waals surface area contributed by atoms with Gasteiger partial charge in [-0.05, 0) is 55.0 Å². The van der Waals surface area contributed by atoms with Crippen LogP contribution in [-0.2, 0) is 30.7 Å². The van der Waals surface area contributed by atoms with Crippen molar-refractivity contribution in [2.45, 2.75) is 55.2 Å². The van der Waals surface area contributed by atoms with Gasteiger partial charge in [0.15, 0.2) is 6.10 Å². The molecule has 1 amide bonds. The van der Waals surface area contributed by atoms with Crippen molar-refractivity contribution >= 4 is 16.1 Å². The van der Waals surface area contributed by atoms with Crippen molar-refractivity contribution < 1.29 is 37.3 Å². The van der Waals surface area contributed by atoms with Crippen molar-refractivity contribution in [3.8, 4) is 5.75 Å². The van der Waals surface area contributed by atoms with Crippen molar-refractivity contribution in [1.29, 1.82) is 0 Å². The number of rotatable bonds is 12. The number of alkyl carbamates (subject to hydrolysis) is 1. The van der Waals surface area contributed by atoms with Gasteiger partial charge in [0.1, 0.15) is 12.5 Å². The molecule has 1 aliphatic heterocycles. The van der Waals surface area contributed by atoms with Crippen LogP contribution in [0.5, 0.6) is 5.75 Å². The number of methoxy groups -OCH3 is 1. The quantitative estimate of drug-likeness (QED) is 0.405. The van der Waals surface area contributed by atoms with Crippen LogP contribution in [0.25, 0.3) is 0 Å². The number of nitrogens with zero attached hydrogens (tertiary/aromatic N) is 1. The van der Waals surface area contributed by atoms with Gasteiger partial charge in [-0.15, -0.1) is 0 Å². The molecule has 1 aliphatic carbocycles. The summed E-state index contributed by atoms with van der Waals surface area (Å²) in [6, 6.07) is 14.8. The van der Waals surface area contributed by atoms with E-state index in [9.17, 15) is 18.3 Å². The van der Waals surface area contributed by atoms with Crippen LogP contribution < -0.4 is 10.1 Å². The Hall–Kier alpha value is -2.70. The number of carbonyl (C=O) groups excluding carboxylic acids is 1. The summed E-state index contributed by atoms with van der Waals surface area (Å²) in [4.78, 5) is 12.9. The van der Waals surface area contributed by atoms with Gasteiger partial charge in [0, 0.05) is 13.1 Å². The zero-order valence-electron chi connectivity index (χ0n) is 22.2. The van der Waals surface area contributed by atoms with Crippen molar-refractivity contribution in [1.82, 2.24) is 9.62 Å². The van der Waals surface area contributed by atoms with E-state index in [4.69, 9.17) is 18.9 Å². The number of nitrogens with one attached hydrogen (secondary N) is 1. The second-order valence-electron chi connectivity index (χ2n) is 10.0. The number of hydrogen-bond acceptors (Lipinski definition) is 8. The van der Waals surface area contributed by atoms with Crippen LogP contribution in [-0.4, -0.2) is 82.4 Å². The SMILES string of the molecule is COc1ccc(S(=O)(=O)N(CC2CCCC2)CC(O)[C@H](Cc2ccccc2)NC(=O)OC2COCOC2)cc1. The Morgan fingerprint density at radius 2 is 1.74 bits per heavy atom. The van der Waals surface area contributed by atoms with Crippen LogP contribution in [0.2, 0.25) is 0 Å². The average molecular weight is 563 g/mol. The highest BCUT2D eigenvalue weighted by Crippen LogP contribution is 2.29. The van der Waals surface area contributed by atoms with E-state index >= 15 is 0 Å². The topological polar surface area (TPSA) is 124 Å². The van der Waals surface area contributed by atoms with Crippen molar-refractivity contribution in [3.05, 3.63) is 60.2 Å². The molecule has 10 nitrogen and oxygen atoms in total. The standard InChI is InChI=1S/C28H38N2O8S/c1-35-23-11-13-25(14-12-23)39(33,34)30(16-22-9-5-6-10-22)17-27(31)26(15-21-7-3-2-4-8-21)29-28(32)38-24-18-36-20-37-19-24/h2-4,7-8,11-14,22,24,26-27,31H,5-6,9-10,15-20H2,1H3,(H,29,32)/t26-,27?/m0/s1. The van der Waals surface area contributed by atoms with Gasteiger partial charge in [0.2, 0.25) is 10.0 Å². The first kappa shape index (κ1) is 29.3. The number of carbonyl (C=O) groups is 1. The second kappa shape index (κ2) is 14.1. The number of benzene rings is 2. The van der Waals surface area contributed by atoms with E-state index in [2.05, 4.69) is 5.32 Å². The maximum absolute atomic E-state index is 13.8. The predicted octanol–water partition coefficient (Wildman–Crippen LogP) is 2.95. The number of sulfonamides is 1. The molecule has 1 unspecified atom stereocenters. The molecule has 2 N–H and O–H groups in total. The summed E-state index contributed by atoms with van der Waals surface area (Å²) in [7, 11) is -2.41. The lowest BCUT2D eigenvalue weighted by atomic mass is 10.0. The Balaban J connectivity index is 1.53. The van der Waals surface area contributed by atoms with E-state index in [1.165, 1.54) is 23.5 Å². The zero-order chi connectivity index (χ0) is 27.7. The molecular formula is C28H38N2O8S. The fourth-order valence-corrected chi connectivity index (χ4v) is 6.54. The third-order valence-electron chi connectivity index (χ3n) is 7.14. The highest BCUT2D eigenvalue weighted by Gasteiger charge is 2.33. The molecule has 0 aromatic heterocycles. The largest absolute Gasteiger partial charge is 0.497 e. The normalized spacial score (nSPS) is 18.5. The van der Waals surface area contributed by atoms with Crippen LogP contribution in [0, 0.1) is 5.92 Å². The van der Waals surface area contributed by atoms with E-state index in [0.29, 0.717) is 12.3 Å². The lowest BCUT2D eigenvalue weighted by molar-refractivity contribution is -0.151. The van der Waals surface area contributed by atoms with Crippen molar-refractivity contribution in [3.63, 3.8) is 0 Å². The lowest BCUT2D eigenvalue weighted by Gasteiger charge is -2.31. The number of aliphatic hydroxyl groups excluding tert-OH is 1. The van der Waals surface area contributed by atoms with Crippen LogP contribution in [0.3, 0.4) is 0 Å². The van der Waals surface area contributed by atoms with Gasteiger partial charge in [-0.1, -0.05) is 43.2 Å². The molecule has 214 valence electrons. The number of hydrogen-bond donors (Lipinski definition) is 2. The molecule has 0 bridgehead atoms. The van der Waals surface area contributed by atoms with Gasteiger partial charge in [0.05, 0.1) is 37.4 Å². The van der Waals surface area contributed by atoms with Crippen LogP contribution in [0.1, 0.15) is 31.2 Å². The second-order valence-corrected chi connectivity index (χ2v) is 12.0. The fourth-order valence-electron chi connectivity index (χ4n) is 5.01. The molecule has 1 saturated carbocycles. The molecule has 2 atom stereocenters. The highest BCUT2D eigenvalue weighted by atomic mass is 32.2. The summed E-state index contributed by atoms with van der Waals surface area (Å²) < 4.78 is 49.8. The summed E-state index contributed by atoms with van der Waals surface area (Å²) in [5.41, 5.74) is 0.881. The first-order chi connectivity index (χ1) is 18.8. The Bertz CT molecular complexity index is 1130. The van der Waals surface area contributed by atoms with Gasteiger partial charge in [0.25, 0.3) is 0 Å². The molecule has 2 aromatic rings. The van der Waals surface area contributed by atoms with E-state index in [0.717, 1.165) is 31.2 Å². The van der Waals surface area contributed by atoms with Crippen LogP contribution in [0.4, 0.5) is 4.79 Å². The number of aliphatic hydroxyl groups is 1. The van der Waals surface area contributed by atoms with Crippen LogP contribution in [0.15, 0.2) is 59.5 Å². The molecule has 2 aliphatic rings. The van der Waals surface area contributed by atoms with Crippen molar-refractivity contribution in [2.75, 3.05) is 40.2 Å².